The van der Waals surface area contributed by atoms with E-state index in [1.54, 1.807) is 26.0 Å². The summed E-state index contributed by atoms with van der Waals surface area (Å²) in [6.45, 7) is 8.48. The van der Waals surface area contributed by atoms with Crippen molar-refractivity contribution in [2.75, 3.05) is 25.0 Å². The third-order valence-corrected chi connectivity index (χ3v) is 6.44. The lowest BCUT2D eigenvalue weighted by Gasteiger charge is -2.18. The van der Waals surface area contributed by atoms with E-state index in [1.165, 1.54) is 16.4 Å². The number of rotatable bonds is 9. The van der Waals surface area contributed by atoms with Gasteiger partial charge in [0.15, 0.2) is 6.61 Å². The van der Waals surface area contributed by atoms with Gasteiger partial charge >= 0.3 is 0 Å². The molecule has 0 unspecified atom stereocenters. The maximum Gasteiger partial charge on any atom is 0.262 e. The normalized spacial score (nSPS) is 11.6. The summed E-state index contributed by atoms with van der Waals surface area (Å²) in [7, 11) is -3.51. The van der Waals surface area contributed by atoms with Crippen molar-refractivity contribution < 1.29 is 17.9 Å². The van der Waals surface area contributed by atoms with E-state index in [-0.39, 0.29) is 17.4 Å². The molecular weight excluding hydrogens is 376 g/mol. The van der Waals surface area contributed by atoms with Crippen molar-refractivity contribution in [3.63, 3.8) is 0 Å². The number of hydrogen-bond acceptors (Lipinski definition) is 4. The molecule has 0 aromatic heterocycles. The Kier molecular flexibility index (Phi) is 7.60. The quantitative estimate of drug-likeness (QED) is 0.689. The summed E-state index contributed by atoms with van der Waals surface area (Å²) < 4.78 is 31.9. The maximum absolute atomic E-state index is 12.5. The number of nitrogens with one attached hydrogen (secondary N) is 1. The molecule has 0 bridgehead atoms. The number of sulfonamides is 1. The molecule has 1 amide bonds. The van der Waals surface area contributed by atoms with Crippen LogP contribution in [-0.4, -0.2) is 38.3 Å². The molecule has 2 rings (SSSR count). The number of benzene rings is 2. The first-order chi connectivity index (χ1) is 13.3. The van der Waals surface area contributed by atoms with Crippen LogP contribution >= 0.6 is 0 Å². The van der Waals surface area contributed by atoms with Gasteiger partial charge in [-0.2, -0.15) is 4.31 Å². The lowest BCUT2D eigenvalue weighted by atomic mass is 10.0. The van der Waals surface area contributed by atoms with Crippen molar-refractivity contribution in [1.29, 1.82) is 0 Å². The Hall–Kier alpha value is -2.38. The van der Waals surface area contributed by atoms with Crippen molar-refractivity contribution in [2.45, 2.75) is 38.5 Å². The molecular formula is C21H28N2O4S. The van der Waals surface area contributed by atoms with E-state index in [0.717, 1.165) is 5.56 Å². The SMILES string of the molecule is CCN(CC)S(=O)(=O)c1ccc(NC(=O)COc2cccc(C(C)C)c2)cc1. The van der Waals surface area contributed by atoms with Crippen molar-refractivity contribution in [1.82, 2.24) is 4.31 Å². The van der Waals surface area contributed by atoms with Crippen molar-refractivity contribution >= 4 is 21.6 Å². The second kappa shape index (κ2) is 9.71. The van der Waals surface area contributed by atoms with E-state index >= 15 is 0 Å². The second-order valence-electron chi connectivity index (χ2n) is 6.68. The molecule has 2 aromatic rings. The van der Waals surface area contributed by atoms with Gasteiger partial charge in [0.1, 0.15) is 5.75 Å². The summed E-state index contributed by atoms with van der Waals surface area (Å²) in [6.07, 6.45) is 0. The molecule has 152 valence electrons. The second-order valence-corrected chi connectivity index (χ2v) is 8.62. The zero-order valence-electron chi connectivity index (χ0n) is 16.8. The van der Waals surface area contributed by atoms with Crippen molar-refractivity contribution in [2.24, 2.45) is 0 Å². The monoisotopic (exact) mass is 404 g/mol. The Balaban J connectivity index is 1.97. The molecule has 0 aliphatic heterocycles. The standard InChI is InChI=1S/C21H28N2O4S/c1-5-23(6-2)28(25,26)20-12-10-18(11-13-20)22-21(24)15-27-19-9-7-8-17(14-19)16(3)4/h7-14,16H,5-6,15H2,1-4H3,(H,22,24). The number of ether oxygens (including phenoxy) is 1. The number of hydrogen-bond donors (Lipinski definition) is 1. The fraction of sp³-hybridized carbons (Fsp3) is 0.381. The summed E-state index contributed by atoms with van der Waals surface area (Å²) in [6, 6.07) is 13.8. The number of carbonyl (C=O) groups is 1. The fourth-order valence-electron chi connectivity index (χ4n) is 2.73. The van der Waals surface area contributed by atoms with Crippen LogP contribution in [0.1, 0.15) is 39.2 Å². The van der Waals surface area contributed by atoms with Crippen LogP contribution in [0.2, 0.25) is 0 Å². The number of nitrogens with zero attached hydrogens (tertiary/aromatic N) is 1. The highest BCUT2D eigenvalue weighted by molar-refractivity contribution is 7.89. The van der Waals surface area contributed by atoms with Gasteiger partial charge < -0.3 is 10.1 Å². The molecule has 7 heteroatoms. The van der Waals surface area contributed by atoms with E-state index in [1.807, 2.05) is 24.3 Å². The molecule has 2 aromatic carbocycles. The van der Waals surface area contributed by atoms with E-state index in [4.69, 9.17) is 4.74 Å². The van der Waals surface area contributed by atoms with Gasteiger partial charge in [0.25, 0.3) is 5.91 Å². The van der Waals surface area contributed by atoms with Gasteiger partial charge in [0, 0.05) is 18.8 Å². The van der Waals surface area contributed by atoms with Crippen LogP contribution in [0.5, 0.6) is 5.75 Å². The van der Waals surface area contributed by atoms with E-state index < -0.39 is 10.0 Å². The molecule has 0 saturated carbocycles. The summed E-state index contributed by atoms with van der Waals surface area (Å²) in [5.74, 6) is 0.708. The molecule has 6 nitrogen and oxygen atoms in total. The van der Waals surface area contributed by atoms with Gasteiger partial charge in [-0.3, -0.25) is 4.79 Å². The van der Waals surface area contributed by atoms with Gasteiger partial charge in [-0.25, -0.2) is 8.42 Å². The van der Waals surface area contributed by atoms with Crippen LogP contribution in [0.3, 0.4) is 0 Å². The Morgan fingerprint density at radius 3 is 2.29 bits per heavy atom. The third-order valence-electron chi connectivity index (χ3n) is 4.38. The van der Waals surface area contributed by atoms with Gasteiger partial charge in [0.05, 0.1) is 4.90 Å². The number of anilines is 1. The van der Waals surface area contributed by atoms with Gasteiger partial charge in [-0.1, -0.05) is 39.8 Å². The molecule has 0 heterocycles. The van der Waals surface area contributed by atoms with Crippen LogP contribution in [0.25, 0.3) is 0 Å². The highest BCUT2D eigenvalue weighted by atomic mass is 32.2. The first-order valence-electron chi connectivity index (χ1n) is 9.40. The highest BCUT2D eigenvalue weighted by Gasteiger charge is 2.21. The minimum Gasteiger partial charge on any atom is -0.484 e. The van der Waals surface area contributed by atoms with Gasteiger partial charge in [0.2, 0.25) is 10.0 Å². The predicted molar refractivity (Wildman–Crippen MR) is 111 cm³/mol. The van der Waals surface area contributed by atoms with Crippen molar-refractivity contribution in [3.8, 4) is 5.75 Å². The predicted octanol–water partition coefficient (Wildman–Crippen LogP) is 3.86. The summed E-state index contributed by atoms with van der Waals surface area (Å²) in [5.41, 5.74) is 1.66. The largest absolute Gasteiger partial charge is 0.484 e. The minimum absolute atomic E-state index is 0.124. The number of amides is 1. The fourth-order valence-corrected chi connectivity index (χ4v) is 4.19. The Morgan fingerprint density at radius 2 is 1.71 bits per heavy atom. The summed E-state index contributed by atoms with van der Waals surface area (Å²) in [5, 5.41) is 2.71. The lowest BCUT2D eigenvalue weighted by Crippen LogP contribution is -2.30. The molecule has 0 aliphatic rings. The van der Waals surface area contributed by atoms with E-state index in [0.29, 0.717) is 30.4 Å². The molecule has 28 heavy (non-hydrogen) atoms. The lowest BCUT2D eigenvalue weighted by molar-refractivity contribution is -0.118. The average molecular weight is 405 g/mol. The van der Waals surface area contributed by atoms with Crippen LogP contribution in [-0.2, 0) is 14.8 Å². The Bertz CT molecular complexity index is 889. The van der Waals surface area contributed by atoms with Crippen LogP contribution < -0.4 is 10.1 Å². The van der Waals surface area contributed by atoms with Crippen LogP contribution in [0.15, 0.2) is 53.4 Å². The molecule has 0 saturated heterocycles. The highest BCUT2D eigenvalue weighted by Crippen LogP contribution is 2.21. The minimum atomic E-state index is -3.51. The molecule has 0 spiro atoms. The molecule has 0 atom stereocenters. The first kappa shape index (κ1) is 21.9. The first-order valence-corrected chi connectivity index (χ1v) is 10.8. The Morgan fingerprint density at radius 1 is 1.07 bits per heavy atom. The third kappa shape index (κ3) is 5.56. The molecule has 0 aliphatic carbocycles. The maximum atomic E-state index is 12.5. The van der Waals surface area contributed by atoms with Crippen LogP contribution in [0.4, 0.5) is 5.69 Å². The molecule has 1 N–H and O–H groups in total. The average Bonchev–Trinajstić information content (AvgIpc) is 2.68. The van der Waals surface area contributed by atoms with E-state index in [2.05, 4.69) is 19.2 Å². The zero-order valence-corrected chi connectivity index (χ0v) is 17.6. The molecule has 0 radical (unpaired) electrons. The zero-order chi connectivity index (χ0) is 20.7. The number of carbonyl (C=O) groups excluding carboxylic acids is 1. The smallest absolute Gasteiger partial charge is 0.262 e. The summed E-state index contributed by atoms with van der Waals surface area (Å²) in [4.78, 5) is 12.3. The van der Waals surface area contributed by atoms with Gasteiger partial charge in [-0.15, -0.1) is 0 Å². The van der Waals surface area contributed by atoms with Crippen molar-refractivity contribution in [3.05, 3.63) is 54.1 Å². The van der Waals surface area contributed by atoms with E-state index in [9.17, 15) is 13.2 Å². The molecule has 0 fully saturated rings. The van der Waals surface area contributed by atoms with Crippen LogP contribution in [0, 0.1) is 0 Å². The topological polar surface area (TPSA) is 75.7 Å². The summed E-state index contributed by atoms with van der Waals surface area (Å²) >= 11 is 0. The van der Waals surface area contributed by atoms with Gasteiger partial charge in [-0.05, 0) is 47.9 Å². The Labute approximate surface area is 167 Å².